The third kappa shape index (κ3) is 2.28. The Balaban J connectivity index is 2.22. The summed E-state index contributed by atoms with van der Waals surface area (Å²) in [6.07, 6.45) is 2.44. The number of aliphatic hydroxyl groups excluding tert-OH is 2. The van der Waals surface area contributed by atoms with Crippen molar-refractivity contribution < 1.29 is 10.2 Å². The van der Waals surface area contributed by atoms with Gasteiger partial charge in [-0.3, -0.25) is 0 Å². The van der Waals surface area contributed by atoms with E-state index in [1.165, 1.54) is 11.1 Å². The maximum absolute atomic E-state index is 10.1. The van der Waals surface area contributed by atoms with Crippen LogP contribution < -0.4 is 0 Å². The fourth-order valence-corrected chi connectivity index (χ4v) is 2.63. The number of fused-ring (bicyclic) bond motifs is 1. The lowest BCUT2D eigenvalue weighted by Crippen LogP contribution is -2.27. The summed E-state index contributed by atoms with van der Waals surface area (Å²) in [5.74, 6) is 0.456. The summed E-state index contributed by atoms with van der Waals surface area (Å²) in [5.41, 5.74) is 2.64. The molecule has 1 aromatic rings. The molecular formula is C14H20O2. The minimum absolute atomic E-state index is 0.200. The van der Waals surface area contributed by atoms with Gasteiger partial charge in [-0.05, 0) is 36.3 Å². The molecule has 0 bridgehead atoms. The number of hydrogen-bond donors (Lipinski definition) is 2. The van der Waals surface area contributed by atoms with Crippen molar-refractivity contribution in [3.05, 3.63) is 35.4 Å². The van der Waals surface area contributed by atoms with Crippen molar-refractivity contribution in [1.82, 2.24) is 0 Å². The maximum atomic E-state index is 10.1. The predicted molar refractivity (Wildman–Crippen MR) is 64.4 cm³/mol. The van der Waals surface area contributed by atoms with Crippen LogP contribution >= 0.6 is 0 Å². The molecule has 0 heterocycles. The van der Waals surface area contributed by atoms with Gasteiger partial charge in [0.15, 0.2) is 0 Å². The van der Waals surface area contributed by atoms with Crippen molar-refractivity contribution >= 4 is 0 Å². The van der Waals surface area contributed by atoms with E-state index in [4.69, 9.17) is 5.11 Å². The largest absolute Gasteiger partial charge is 0.396 e. The molecule has 2 N–H and O–H groups in total. The van der Waals surface area contributed by atoms with Crippen LogP contribution in [0.5, 0.6) is 0 Å². The van der Waals surface area contributed by atoms with Crippen molar-refractivity contribution in [2.75, 3.05) is 6.61 Å². The first kappa shape index (κ1) is 11.6. The monoisotopic (exact) mass is 220 g/mol. The summed E-state index contributed by atoms with van der Waals surface area (Å²) < 4.78 is 0. The highest BCUT2D eigenvalue weighted by atomic mass is 16.3. The smallest absolute Gasteiger partial charge is 0.0612 e. The Bertz CT molecular complexity index is 348. The Labute approximate surface area is 96.9 Å². The topological polar surface area (TPSA) is 40.5 Å². The van der Waals surface area contributed by atoms with Gasteiger partial charge in [-0.25, -0.2) is 0 Å². The van der Waals surface area contributed by atoms with Gasteiger partial charge in [0.2, 0.25) is 0 Å². The molecule has 3 atom stereocenters. The second-order valence-electron chi connectivity index (χ2n) is 4.93. The molecule has 3 unspecified atom stereocenters. The number of rotatable bonds is 3. The highest BCUT2D eigenvalue weighted by molar-refractivity contribution is 5.33. The zero-order valence-electron chi connectivity index (χ0n) is 9.76. The van der Waals surface area contributed by atoms with Gasteiger partial charge in [0.05, 0.1) is 6.10 Å². The second-order valence-corrected chi connectivity index (χ2v) is 4.93. The molecule has 0 fully saturated rings. The molecular weight excluding hydrogens is 200 g/mol. The highest BCUT2D eigenvalue weighted by Crippen LogP contribution is 2.35. The van der Waals surface area contributed by atoms with Gasteiger partial charge in [0.25, 0.3) is 0 Å². The van der Waals surface area contributed by atoms with E-state index < -0.39 is 0 Å². The zero-order valence-corrected chi connectivity index (χ0v) is 9.76. The summed E-state index contributed by atoms with van der Waals surface area (Å²) in [5, 5.41) is 19.2. The summed E-state index contributed by atoms with van der Waals surface area (Å²) >= 11 is 0. The molecule has 1 aliphatic carbocycles. The van der Waals surface area contributed by atoms with Crippen LogP contribution in [-0.4, -0.2) is 22.9 Å². The van der Waals surface area contributed by atoms with E-state index in [0.29, 0.717) is 0 Å². The van der Waals surface area contributed by atoms with Gasteiger partial charge < -0.3 is 10.2 Å². The van der Waals surface area contributed by atoms with Gasteiger partial charge >= 0.3 is 0 Å². The molecule has 0 radical (unpaired) electrons. The molecule has 2 nitrogen and oxygen atoms in total. The van der Waals surface area contributed by atoms with Crippen LogP contribution in [0, 0.1) is 5.92 Å². The second kappa shape index (κ2) is 4.98. The first-order chi connectivity index (χ1) is 7.72. The van der Waals surface area contributed by atoms with E-state index in [9.17, 15) is 5.11 Å². The zero-order chi connectivity index (χ0) is 11.5. The van der Waals surface area contributed by atoms with E-state index in [1.54, 1.807) is 0 Å². The van der Waals surface area contributed by atoms with Gasteiger partial charge in [0.1, 0.15) is 0 Å². The van der Waals surface area contributed by atoms with Gasteiger partial charge in [-0.2, -0.15) is 0 Å². The molecule has 2 rings (SSSR count). The van der Waals surface area contributed by atoms with Crippen LogP contribution in [0.25, 0.3) is 0 Å². The molecule has 16 heavy (non-hydrogen) atoms. The van der Waals surface area contributed by atoms with E-state index in [0.717, 1.165) is 19.3 Å². The molecule has 0 aliphatic heterocycles. The fourth-order valence-electron chi connectivity index (χ4n) is 2.63. The third-order valence-electron chi connectivity index (χ3n) is 3.60. The number of aliphatic hydroxyl groups is 2. The minimum Gasteiger partial charge on any atom is -0.396 e. The van der Waals surface area contributed by atoms with Gasteiger partial charge in [0, 0.05) is 12.5 Å². The standard InChI is InChI=1S/C14H20O2/c1-10(9-15)8-13-12-5-3-2-4-11(12)6-7-14(13)16/h2-5,10,13-16H,6-9H2,1H3. The van der Waals surface area contributed by atoms with Crippen molar-refractivity contribution in [3.8, 4) is 0 Å². The molecule has 0 spiro atoms. The van der Waals surface area contributed by atoms with Crippen LogP contribution in [0.15, 0.2) is 24.3 Å². The SMILES string of the molecule is CC(CO)CC1c2ccccc2CCC1O. The normalized spacial score (nSPS) is 26.2. The third-order valence-corrected chi connectivity index (χ3v) is 3.60. The Morgan fingerprint density at radius 3 is 2.88 bits per heavy atom. The number of aryl methyl sites for hydroxylation is 1. The molecule has 0 saturated heterocycles. The lowest BCUT2D eigenvalue weighted by atomic mass is 9.77. The van der Waals surface area contributed by atoms with E-state index in [1.807, 2.05) is 13.0 Å². The van der Waals surface area contributed by atoms with Crippen LogP contribution in [0.1, 0.15) is 36.8 Å². The first-order valence-electron chi connectivity index (χ1n) is 6.09. The lowest BCUT2D eigenvalue weighted by Gasteiger charge is -2.31. The molecule has 2 heteroatoms. The van der Waals surface area contributed by atoms with Crippen LogP contribution in [0.2, 0.25) is 0 Å². The average Bonchev–Trinajstić information content (AvgIpc) is 2.32. The quantitative estimate of drug-likeness (QED) is 0.819. The van der Waals surface area contributed by atoms with E-state index in [2.05, 4.69) is 18.2 Å². The summed E-state index contributed by atoms with van der Waals surface area (Å²) in [6, 6.07) is 8.36. The minimum atomic E-state index is -0.246. The van der Waals surface area contributed by atoms with Gasteiger partial charge in [-0.1, -0.05) is 31.2 Å². The summed E-state index contributed by atoms with van der Waals surface area (Å²) in [7, 11) is 0. The van der Waals surface area contributed by atoms with E-state index >= 15 is 0 Å². The van der Waals surface area contributed by atoms with Crippen molar-refractivity contribution in [2.24, 2.45) is 5.92 Å². The Morgan fingerprint density at radius 1 is 1.38 bits per heavy atom. The Hall–Kier alpha value is -0.860. The van der Waals surface area contributed by atoms with Crippen molar-refractivity contribution in [3.63, 3.8) is 0 Å². The highest BCUT2D eigenvalue weighted by Gasteiger charge is 2.28. The van der Waals surface area contributed by atoms with E-state index in [-0.39, 0.29) is 24.5 Å². The van der Waals surface area contributed by atoms with Crippen LogP contribution in [-0.2, 0) is 6.42 Å². The summed E-state index contributed by atoms with van der Waals surface area (Å²) in [4.78, 5) is 0. The Morgan fingerprint density at radius 2 is 2.12 bits per heavy atom. The van der Waals surface area contributed by atoms with Crippen molar-refractivity contribution in [2.45, 2.75) is 38.2 Å². The molecule has 0 saturated carbocycles. The molecule has 88 valence electrons. The molecule has 1 aliphatic rings. The maximum Gasteiger partial charge on any atom is 0.0612 e. The predicted octanol–water partition coefficient (Wildman–Crippen LogP) is 2.10. The van der Waals surface area contributed by atoms with Crippen LogP contribution in [0.3, 0.4) is 0 Å². The lowest BCUT2D eigenvalue weighted by molar-refractivity contribution is 0.106. The first-order valence-corrected chi connectivity index (χ1v) is 6.09. The number of hydrogen-bond acceptors (Lipinski definition) is 2. The number of benzene rings is 1. The Kier molecular flexibility index (Phi) is 3.62. The molecule has 0 amide bonds. The fraction of sp³-hybridized carbons (Fsp3) is 0.571. The van der Waals surface area contributed by atoms with Gasteiger partial charge in [-0.15, -0.1) is 0 Å². The molecule has 0 aromatic heterocycles. The van der Waals surface area contributed by atoms with Crippen molar-refractivity contribution in [1.29, 1.82) is 0 Å². The van der Waals surface area contributed by atoms with Crippen LogP contribution in [0.4, 0.5) is 0 Å². The summed E-state index contributed by atoms with van der Waals surface area (Å²) in [6.45, 7) is 2.23. The average molecular weight is 220 g/mol. The molecule has 1 aromatic carbocycles.